The number of nitrogens with zero attached hydrogens (tertiary/aromatic N) is 1. The Kier molecular flexibility index (Phi) is 3.97. The Morgan fingerprint density at radius 3 is 2.79 bits per heavy atom. The molecule has 0 radical (unpaired) electrons. The molecule has 0 fully saturated rings. The molecule has 6 heteroatoms. The summed E-state index contributed by atoms with van der Waals surface area (Å²) in [5.41, 5.74) is 6.19. The maximum absolute atomic E-state index is 13.1. The molecule has 0 amide bonds. The summed E-state index contributed by atoms with van der Waals surface area (Å²) in [4.78, 5) is 12.1. The molecule has 1 aromatic carbocycles. The van der Waals surface area contributed by atoms with Gasteiger partial charge in [0.15, 0.2) is 0 Å². The van der Waals surface area contributed by atoms with Gasteiger partial charge in [-0.15, -0.1) is 0 Å². The molecule has 0 atom stereocenters. The lowest BCUT2D eigenvalue weighted by atomic mass is 10.2. The van der Waals surface area contributed by atoms with E-state index < -0.39 is 5.82 Å². The van der Waals surface area contributed by atoms with Crippen LogP contribution in [0, 0.1) is 5.82 Å². The minimum Gasteiger partial charge on any atom is -0.389 e. The molecule has 0 aliphatic rings. The molecule has 2 aromatic rings. The quantitative estimate of drug-likeness (QED) is 0.884. The van der Waals surface area contributed by atoms with Crippen LogP contribution in [0.15, 0.2) is 41.3 Å². The molecule has 0 saturated heterocycles. The number of benzene rings is 1. The predicted molar refractivity (Wildman–Crippen MR) is 77.1 cm³/mol. The number of hydrogen-bond donors (Lipinski definition) is 1. The second kappa shape index (κ2) is 5.50. The number of thiocarbonyl (C=S) groups is 1. The van der Waals surface area contributed by atoms with Crippen molar-refractivity contribution in [3.8, 4) is 0 Å². The standard InChI is InChI=1S/C13H10ClFN2OS/c14-10-6-8(3-4-11(10)15)7-17-5-1-2-9(12(16)19)13(17)18/h1-6H,7H2,(H2,16,19). The van der Waals surface area contributed by atoms with E-state index in [-0.39, 0.29) is 27.7 Å². The highest BCUT2D eigenvalue weighted by Crippen LogP contribution is 2.16. The zero-order valence-corrected chi connectivity index (χ0v) is 11.3. The van der Waals surface area contributed by atoms with Crippen LogP contribution in [-0.4, -0.2) is 9.56 Å². The summed E-state index contributed by atoms with van der Waals surface area (Å²) >= 11 is 10.5. The third-order valence-electron chi connectivity index (χ3n) is 2.62. The SMILES string of the molecule is NC(=S)c1cccn(Cc2ccc(F)c(Cl)c2)c1=O. The fourth-order valence-corrected chi connectivity index (χ4v) is 2.04. The second-order valence-corrected chi connectivity index (χ2v) is 4.81. The fourth-order valence-electron chi connectivity index (χ4n) is 1.68. The second-order valence-electron chi connectivity index (χ2n) is 3.97. The minimum atomic E-state index is -0.491. The zero-order chi connectivity index (χ0) is 14.0. The molecule has 0 aliphatic carbocycles. The van der Waals surface area contributed by atoms with E-state index in [1.165, 1.54) is 16.7 Å². The monoisotopic (exact) mass is 296 g/mol. The first-order chi connectivity index (χ1) is 8.99. The van der Waals surface area contributed by atoms with Gasteiger partial charge in [-0.05, 0) is 29.8 Å². The highest BCUT2D eigenvalue weighted by Gasteiger charge is 2.07. The van der Waals surface area contributed by atoms with Gasteiger partial charge in [0.2, 0.25) is 0 Å². The predicted octanol–water partition coefficient (Wildman–Crippen LogP) is 2.32. The van der Waals surface area contributed by atoms with E-state index in [1.807, 2.05) is 0 Å². The van der Waals surface area contributed by atoms with Crippen molar-refractivity contribution >= 4 is 28.8 Å². The van der Waals surface area contributed by atoms with Crippen molar-refractivity contribution in [2.24, 2.45) is 5.73 Å². The lowest BCUT2D eigenvalue weighted by molar-refractivity contribution is 0.626. The van der Waals surface area contributed by atoms with Gasteiger partial charge in [-0.2, -0.15) is 0 Å². The molecule has 19 heavy (non-hydrogen) atoms. The molecular weight excluding hydrogens is 287 g/mol. The van der Waals surface area contributed by atoms with Crippen LogP contribution in [0.4, 0.5) is 4.39 Å². The number of halogens is 2. The molecule has 3 nitrogen and oxygen atoms in total. The van der Waals surface area contributed by atoms with E-state index in [9.17, 15) is 9.18 Å². The van der Waals surface area contributed by atoms with Gasteiger partial charge in [0.05, 0.1) is 17.1 Å². The third kappa shape index (κ3) is 3.00. The molecule has 2 N–H and O–H groups in total. The fraction of sp³-hybridized carbons (Fsp3) is 0.0769. The molecule has 1 aromatic heterocycles. The van der Waals surface area contributed by atoms with E-state index in [0.717, 1.165) is 0 Å². The maximum Gasteiger partial charge on any atom is 0.261 e. The van der Waals surface area contributed by atoms with Crippen molar-refractivity contribution in [3.05, 3.63) is 68.8 Å². The van der Waals surface area contributed by atoms with Gasteiger partial charge in [0.25, 0.3) is 5.56 Å². The average molecular weight is 297 g/mol. The Balaban J connectivity index is 2.38. The number of hydrogen-bond acceptors (Lipinski definition) is 2. The van der Waals surface area contributed by atoms with Crippen molar-refractivity contribution < 1.29 is 4.39 Å². The maximum atomic E-state index is 13.1. The molecule has 1 heterocycles. The first-order valence-electron chi connectivity index (χ1n) is 5.42. The van der Waals surface area contributed by atoms with Crippen LogP contribution in [0.1, 0.15) is 11.1 Å². The van der Waals surface area contributed by atoms with Gasteiger partial charge < -0.3 is 10.3 Å². The Hall–Kier alpha value is -1.72. The van der Waals surface area contributed by atoms with Crippen LogP contribution in [-0.2, 0) is 6.54 Å². The van der Waals surface area contributed by atoms with Gasteiger partial charge in [-0.3, -0.25) is 4.79 Å². The van der Waals surface area contributed by atoms with E-state index in [0.29, 0.717) is 5.56 Å². The van der Waals surface area contributed by atoms with E-state index >= 15 is 0 Å². The number of rotatable bonds is 3. The minimum absolute atomic E-state index is 0.0241. The average Bonchev–Trinajstić information content (AvgIpc) is 2.36. The van der Waals surface area contributed by atoms with Crippen LogP contribution < -0.4 is 11.3 Å². The molecule has 98 valence electrons. The van der Waals surface area contributed by atoms with Gasteiger partial charge in [-0.25, -0.2) is 4.39 Å². The topological polar surface area (TPSA) is 48.0 Å². The van der Waals surface area contributed by atoms with Gasteiger partial charge in [0, 0.05) is 6.20 Å². The summed E-state index contributed by atoms with van der Waals surface area (Å²) in [6, 6.07) is 7.57. The van der Waals surface area contributed by atoms with E-state index in [4.69, 9.17) is 29.6 Å². The van der Waals surface area contributed by atoms with Crippen LogP contribution in [0.3, 0.4) is 0 Å². The van der Waals surface area contributed by atoms with Gasteiger partial charge in [0.1, 0.15) is 10.8 Å². The Morgan fingerprint density at radius 2 is 2.16 bits per heavy atom. The molecule has 0 spiro atoms. The molecule has 0 aliphatic heterocycles. The van der Waals surface area contributed by atoms with Gasteiger partial charge in [-0.1, -0.05) is 29.9 Å². The normalized spacial score (nSPS) is 10.4. The Morgan fingerprint density at radius 1 is 1.42 bits per heavy atom. The number of nitrogens with two attached hydrogens (primary N) is 1. The summed E-state index contributed by atoms with van der Waals surface area (Å²) in [5.74, 6) is -0.491. The molecule has 2 rings (SSSR count). The number of pyridine rings is 1. The lowest BCUT2D eigenvalue weighted by Crippen LogP contribution is -2.28. The van der Waals surface area contributed by atoms with Crippen molar-refractivity contribution in [3.63, 3.8) is 0 Å². The Labute approximate surface area is 119 Å². The van der Waals surface area contributed by atoms with Crippen molar-refractivity contribution in [1.82, 2.24) is 4.57 Å². The van der Waals surface area contributed by atoms with Crippen LogP contribution in [0.25, 0.3) is 0 Å². The van der Waals surface area contributed by atoms with Crippen molar-refractivity contribution in [1.29, 1.82) is 0 Å². The van der Waals surface area contributed by atoms with Gasteiger partial charge >= 0.3 is 0 Å². The van der Waals surface area contributed by atoms with Crippen molar-refractivity contribution in [2.75, 3.05) is 0 Å². The summed E-state index contributed by atoms with van der Waals surface area (Å²) < 4.78 is 14.5. The van der Waals surface area contributed by atoms with Crippen LogP contribution in [0.5, 0.6) is 0 Å². The first-order valence-corrected chi connectivity index (χ1v) is 6.21. The van der Waals surface area contributed by atoms with Crippen LogP contribution in [0.2, 0.25) is 5.02 Å². The summed E-state index contributed by atoms with van der Waals surface area (Å²) in [7, 11) is 0. The molecule has 0 saturated carbocycles. The van der Waals surface area contributed by atoms with Crippen LogP contribution >= 0.6 is 23.8 Å². The van der Waals surface area contributed by atoms with E-state index in [2.05, 4.69) is 0 Å². The third-order valence-corrected chi connectivity index (χ3v) is 3.13. The number of aromatic nitrogens is 1. The van der Waals surface area contributed by atoms with Crippen molar-refractivity contribution in [2.45, 2.75) is 6.54 Å². The van der Waals surface area contributed by atoms with E-state index in [1.54, 1.807) is 24.4 Å². The lowest BCUT2D eigenvalue weighted by Gasteiger charge is -2.08. The first kappa shape index (κ1) is 13.7. The Bertz CT molecular complexity index is 699. The highest BCUT2D eigenvalue weighted by atomic mass is 35.5. The zero-order valence-electron chi connectivity index (χ0n) is 9.77. The molecule has 0 bridgehead atoms. The highest BCUT2D eigenvalue weighted by molar-refractivity contribution is 7.80. The largest absolute Gasteiger partial charge is 0.389 e. The smallest absolute Gasteiger partial charge is 0.261 e. The molecule has 0 unspecified atom stereocenters. The summed E-state index contributed by atoms with van der Waals surface area (Å²) in [5, 5.41) is 0.0241. The summed E-state index contributed by atoms with van der Waals surface area (Å²) in [6.07, 6.45) is 1.61. The molecular formula is C13H10ClFN2OS. The summed E-state index contributed by atoms with van der Waals surface area (Å²) in [6.45, 7) is 0.273.